The molecule has 4 fully saturated rings. The van der Waals surface area contributed by atoms with Crippen LogP contribution in [0, 0.1) is 0 Å². The Hall–Kier alpha value is -2.82. The molecule has 4 bridgehead atoms. The minimum atomic E-state index is 0.361. The Morgan fingerprint density at radius 2 is 1.00 bits per heavy atom. The molecule has 0 spiro atoms. The number of fused-ring (bicyclic) bond motifs is 7. The van der Waals surface area contributed by atoms with Crippen LogP contribution in [0.1, 0.15) is 64.2 Å². The molecule has 0 N–H and O–H groups in total. The number of benzene rings is 2. The standard InChI is InChI=1S/C29H33N3O2/c1-30-28-16-22(31-18-4-2-5-19(31)13-24(33)12-18)8-10-26(28)27-11-9-23(17-29(27)30)32-20-6-3-7-21(32)15-25(34)14-20/h8-11,16-21H,2-7,12-15H2,1H3/t18-,19+,20-,21+. The number of carbonyl (C=O) groups is 2. The molecule has 0 saturated carbocycles. The molecule has 3 aromatic rings. The number of piperidine rings is 4. The monoisotopic (exact) mass is 455 g/mol. The number of anilines is 2. The highest BCUT2D eigenvalue weighted by Gasteiger charge is 2.39. The summed E-state index contributed by atoms with van der Waals surface area (Å²) in [6.07, 6.45) is 9.78. The average molecular weight is 456 g/mol. The Morgan fingerprint density at radius 3 is 1.38 bits per heavy atom. The fourth-order valence-electron chi connectivity index (χ4n) is 7.70. The minimum Gasteiger partial charge on any atom is -0.365 e. The third kappa shape index (κ3) is 3.05. The van der Waals surface area contributed by atoms with E-state index in [9.17, 15) is 9.59 Å². The van der Waals surface area contributed by atoms with Gasteiger partial charge in [0.2, 0.25) is 0 Å². The third-order valence-electron chi connectivity index (χ3n) is 9.15. The molecular weight excluding hydrogens is 422 g/mol. The SMILES string of the molecule is Cn1c2cc(N3[C@@H]4CCC[C@H]3CC(=O)C4)ccc2c2ccc(N3[C@@H]4CCC[C@H]3CC(=O)C4)cc21. The first kappa shape index (κ1) is 20.5. The van der Waals surface area contributed by atoms with E-state index in [0.717, 1.165) is 25.7 Å². The van der Waals surface area contributed by atoms with Crippen molar-refractivity contribution in [3.63, 3.8) is 0 Å². The van der Waals surface area contributed by atoms with E-state index < -0.39 is 0 Å². The number of hydrogen-bond donors (Lipinski definition) is 0. The fourth-order valence-corrected chi connectivity index (χ4v) is 7.70. The molecule has 5 heterocycles. The van der Waals surface area contributed by atoms with Crippen molar-refractivity contribution < 1.29 is 9.59 Å². The van der Waals surface area contributed by atoms with Crippen LogP contribution in [-0.2, 0) is 16.6 Å². The lowest BCUT2D eigenvalue weighted by Crippen LogP contribution is -2.52. The first-order chi connectivity index (χ1) is 16.6. The number of Topliss-reactive ketones (excluding diaryl/α,β-unsaturated/α-hetero) is 2. The van der Waals surface area contributed by atoms with Gasteiger partial charge in [0.25, 0.3) is 0 Å². The van der Waals surface area contributed by atoms with E-state index >= 15 is 0 Å². The predicted octanol–water partition coefficient (Wildman–Crippen LogP) is 5.51. The van der Waals surface area contributed by atoms with Crippen molar-refractivity contribution in [2.24, 2.45) is 7.05 Å². The zero-order chi connectivity index (χ0) is 23.0. The topological polar surface area (TPSA) is 45.6 Å². The molecular formula is C29H33N3O2. The third-order valence-corrected chi connectivity index (χ3v) is 9.15. The highest BCUT2D eigenvalue weighted by molar-refractivity contribution is 6.09. The van der Waals surface area contributed by atoms with Gasteiger partial charge in [-0.05, 0) is 62.8 Å². The van der Waals surface area contributed by atoms with Gasteiger partial charge in [0, 0.05) is 79.0 Å². The van der Waals surface area contributed by atoms with E-state index in [-0.39, 0.29) is 0 Å². The summed E-state index contributed by atoms with van der Waals surface area (Å²) in [5, 5.41) is 2.58. The molecule has 2 aromatic carbocycles. The highest BCUT2D eigenvalue weighted by atomic mass is 16.1. The van der Waals surface area contributed by atoms with Gasteiger partial charge in [-0.3, -0.25) is 9.59 Å². The van der Waals surface area contributed by atoms with Crippen LogP contribution in [0.25, 0.3) is 21.8 Å². The van der Waals surface area contributed by atoms with Crippen molar-refractivity contribution >= 4 is 44.7 Å². The second-order valence-electron chi connectivity index (χ2n) is 11.1. The van der Waals surface area contributed by atoms with Gasteiger partial charge >= 0.3 is 0 Å². The van der Waals surface area contributed by atoms with Gasteiger partial charge in [-0.15, -0.1) is 0 Å². The normalized spacial score (nSPS) is 29.3. The van der Waals surface area contributed by atoms with Crippen LogP contribution in [0.5, 0.6) is 0 Å². The van der Waals surface area contributed by atoms with Crippen molar-refractivity contribution in [3.8, 4) is 0 Å². The second kappa shape index (κ2) is 7.59. The van der Waals surface area contributed by atoms with Crippen molar-refractivity contribution in [1.29, 1.82) is 0 Å². The van der Waals surface area contributed by atoms with Crippen LogP contribution < -0.4 is 9.80 Å². The van der Waals surface area contributed by atoms with Gasteiger partial charge in [0.15, 0.2) is 0 Å². The predicted molar refractivity (Wildman–Crippen MR) is 137 cm³/mol. The fraction of sp³-hybridized carbons (Fsp3) is 0.517. The molecule has 34 heavy (non-hydrogen) atoms. The molecule has 0 radical (unpaired) electrons. The molecule has 4 aliphatic rings. The van der Waals surface area contributed by atoms with E-state index in [2.05, 4.69) is 57.8 Å². The Bertz CT molecular complexity index is 1190. The van der Waals surface area contributed by atoms with Gasteiger partial charge in [-0.25, -0.2) is 0 Å². The summed E-state index contributed by atoms with van der Waals surface area (Å²) in [5.41, 5.74) is 5.05. The van der Waals surface area contributed by atoms with Crippen LogP contribution in [0.2, 0.25) is 0 Å². The number of nitrogens with zero attached hydrogens (tertiary/aromatic N) is 3. The van der Waals surface area contributed by atoms with Crippen molar-refractivity contribution in [2.45, 2.75) is 88.4 Å². The number of ketones is 2. The van der Waals surface area contributed by atoms with Crippen LogP contribution in [0.15, 0.2) is 36.4 Å². The Morgan fingerprint density at radius 1 is 0.618 bits per heavy atom. The van der Waals surface area contributed by atoms with E-state index in [4.69, 9.17) is 0 Å². The number of hydrogen-bond acceptors (Lipinski definition) is 4. The Balaban J connectivity index is 1.30. The molecule has 0 unspecified atom stereocenters. The molecule has 1 aromatic heterocycles. The molecule has 0 aliphatic carbocycles. The van der Waals surface area contributed by atoms with Crippen LogP contribution >= 0.6 is 0 Å². The number of aryl methyl sites for hydroxylation is 1. The molecule has 7 rings (SSSR count). The zero-order valence-electron chi connectivity index (χ0n) is 20.0. The van der Waals surface area contributed by atoms with Crippen LogP contribution in [-0.4, -0.2) is 40.3 Å². The summed E-state index contributed by atoms with van der Waals surface area (Å²) in [4.78, 5) is 29.6. The minimum absolute atomic E-state index is 0.361. The maximum absolute atomic E-state index is 12.2. The smallest absolute Gasteiger partial charge is 0.137 e. The molecule has 176 valence electrons. The van der Waals surface area contributed by atoms with Crippen molar-refractivity contribution in [3.05, 3.63) is 36.4 Å². The Kier molecular flexibility index (Phi) is 4.59. The number of aromatic nitrogens is 1. The maximum atomic E-state index is 12.2. The summed E-state index contributed by atoms with van der Waals surface area (Å²) >= 11 is 0. The maximum Gasteiger partial charge on any atom is 0.137 e. The van der Waals surface area contributed by atoms with Gasteiger partial charge in [0.05, 0.1) is 11.0 Å². The summed E-state index contributed by atoms with van der Waals surface area (Å²) in [5.74, 6) is 0.877. The highest BCUT2D eigenvalue weighted by Crippen LogP contribution is 2.41. The van der Waals surface area contributed by atoms with Gasteiger partial charge in [-0.2, -0.15) is 0 Å². The lowest BCUT2D eigenvalue weighted by Gasteiger charge is -2.47. The molecule has 5 heteroatoms. The lowest BCUT2D eigenvalue weighted by molar-refractivity contribution is -0.122. The van der Waals surface area contributed by atoms with E-state index in [1.165, 1.54) is 46.0 Å². The largest absolute Gasteiger partial charge is 0.365 e. The van der Waals surface area contributed by atoms with Gasteiger partial charge < -0.3 is 14.4 Å². The molecule has 4 aliphatic heterocycles. The molecule has 5 nitrogen and oxygen atoms in total. The van der Waals surface area contributed by atoms with Crippen LogP contribution in [0.3, 0.4) is 0 Å². The van der Waals surface area contributed by atoms with E-state index in [0.29, 0.717) is 61.4 Å². The molecule has 4 atom stereocenters. The first-order valence-corrected chi connectivity index (χ1v) is 13.2. The molecule has 4 saturated heterocycles. The van der Waals surface area contributed by atoms with E-state index in [1.54, 1.807) is 0 Å². The number of rotatable bonds is 2. The second-order valence-corrected chi connectivity index (χ2v) is 11.1. The summed E-state index contributed by atoms with van der Waals surface area (Å²) in [6.45, 7) is 0. The number of carbonyl (C=O) groups excluding carboxylic acids is 2. The summed E-state index contributed by atoms with van der Waals surface area (Å²) in [7, 11) is 2.18. The van der Waals surface area contributed by atoms with Crippen LogP contribution in [0.4, 0.5) is 11.4 Å². The van der Waals surface area contributed by atoms with Crippen molar-refractivity contribution in [1.82, 2.24) is 4.57 Å². The summed E-state index contributed by atoms with van der Waals surface area (Å²) in [6, 6.07) is 15.3. The average Bonchev–Trinajstić information content (AvgIpc) is 3.09. The van der Waals surface area contributed by atoms with Gasteiger partial charge in [-0.1, -0.05) is 12.1 Å². The quantitative estimate of drug-likeness (QED) is 0.511. The zero-order valence-corrected chi connectivity index (χ0v) is 20.0. The first-order valence-electron chi connectivity index (χ1n) is 13.2. The molecule has 0 amide bonds. The van der Waals surface area contributed by atoms with E-state index in [1.807, 2.05) is 0 Å². The van der Waals surface area contributed by atoms with Gasteiger partial charge in [0.1, 0.15) is 11.6 Å². The Labute approximate surface area is 200 Å². The lowest BCUT2D eigenvalue weighted by atomic mass is 9.83. The summed E-state index contributed by atoms with van der Waals surface area (Å²) < 4.78 is 2.34. The van der Waals surface area contributed by atoms with Crippen molar-refractivity contribution in [2.75, 3.05) is 9.80 Å².